The summed E-state index contributed by atoms with van der Waals surface area (Å²) in [5.41, 5.74) is 2.46. The average Bonchev–Trinajstić information content (AvgIpc) is 2.74. The summed E-state index contributed by atoms with van der Waals surface area (Å²) in [4.78, 5) is 12.1. The van der Waals surface area contributed by atoms with Crippen LogP contribution in [0.25, 0.3) is 11.3 Å². The van der Waals surface area contributed by atoms with E-state index in [0.29, 0.717) is 11.6 Å². The number of amides is 1. The predicted molar refractivity (Wildman–Crippen MR) is 111 cm³/mol. The van der Waals surface area contributed by atoms with Crippen molar-refractivity contribution in [2.24, 2.45) is 0 Å². The fourth-order valence-corrected chi connectivity index (χ4v) is 3.06. The van der Waals surface area contributed by atoms with Crippen molar-refractivity contribution >= 4 is 23.4 Å². The Bertz CT molecular complexity index is 898. The molecule has 0 aliphatic heterocycles. The number of nitrogens with zero attached hydrogens (tertiary/aromatic N) is 2. The van der Waals surface area contributed by atoms with Crippen LogP contribution >= 0.6 is 11.8 Å². The Balaban J connectivity index is 1.51. The zero-order valence-corrected chi connectivity index (χ0v) is 16.5. The third kappa shape index (κ3) is 5.47. The van der Waals surface area contributed by atoms with Crippen LogP contribution in [0.2, 0.25) is 0 Å². The second kappa shape index (κ2) is 9.75. The fourth-order valence-electron chi connectivity index (χ4n) is 2.45. The van der Waals surface area contributed by atoms with E-state index in [0.717, 1.165) is 28.4 Å². The minimum absolute atomic E-state index is 0.102. The Morgan fingerprint density at radius 2 is 1.68 bits per heavy atom. The summed E-state index contributed by atoms with van der Waals surface area (Å²) in [6.45, 7) is 2.54. The quantitative estimate of drug-likeness (QED) is 0.574. The molecule has 0 unspecified atom stereocenters. The van der Waals surface area contributed by atoms with Crippen molar-refractivity contribution in [3.8, 4) is 22.8 Å². The van der Waals surface area contributed by atoms with Gasteiger partial charge in [-0.1, -0.05) is 11.8 Å². The number of hydrogen-bond donors (Lipinski definition) is 1. The third-order valence-electron chi connectivity index (χ3n) is 3.83. The monoisotopic (exact) mass is 395 g/mol. The smallest absolute Gasteiger partial charge is 0.234 e. The van der Waals surface area contributed by atoms with E-state index < -0.39 is 0 Å². The lowest BCUT2D eigenvalue weighted by Gasteiger charge is -2.07. The number of methoxy groups -OCH3 is 1. The van der Waals surface area contributed by atoms with E-state index in [2.05, 4.69) is 15.5 Å². The van der Waals surface area contributed by atoms with Crippen molar-refractivity contribution in [3.05, 3.63) is 60.7 Å². The Kier molecular flexibility index (Phi) is 6.86. The van der Waals surface area contributed by atoms with E-state index in [1.807, 2.05) is 67.6 Å². The van der Waals surface area contributed by atoms with Crippen LogP contribution in [0.4, 0.5) is 5.69 Å². The van der Waals surface area contributed by atoms with Gasteiger partial charge in [-0.2, -0.15) is 0 Å². The molecule has 6 nitrogen and oxygen atoms in total. The molecule has 3 rings (SSSR count). The van der Waals surface area contributed by atoms with E-state index in [4.69, 9.17) is 9.47 Å². The molecule has 0 aliphatic rings. The number of carbonyl (C=O) groups excluding carboxylic acids is 1. The molecule has 0 spiro atoms. The van der Waals surface area contributed by atoms with Crippen molar-refractivity contribution in [2.75, 3.05) is 24.8 Å². The molecule has 0 atom stereocenters. The lowest BCUT2D eigenvalue weighted by atomic mass is 10.1. The first kappa shape index (κ1) is 19.7. The zero-order chi connectivity index (χ0) is 19.8. The summed E-state index contributed by atoms with van der Waals surface area (Å²) in [6, 6.07) is 18.7. The SMILES string of the molecule is CCOc1ccc(NC(=O)CSc2ccc(-c3ccc(OC)cc3)nn2)cc1. The van der Waals surface area contributed by atoms with Gasteiger partial charge in [0.05, 0.1) is 25.2 Å². The van der Waals surface area contributed by atoms with Gasteiger partial charge in [0.25, 0.3) is 0 Å². The summed E-state index contributed by atoms with van der Waals surface area (Å²) in [6.07, 6.45) is 0. The van der Waals surface area contributed by atoms with E-state index >= 15 is 0 Å². The second-order valence-electron chi connectivity index (χ2n) is 5.78. The summed E-state index contributed by atoms with van der Waals surface area (Å²) in [7, 11) is 1.63. The molecule has 1 aromatic heterocycles. The second-order valence-corrected chi connectivity index (χ2v) is 6.78. The number of rotatable bonds is 8. The molecule has 0 saturated heterocycles. The van der Waals surface area contributed by atoms with Gasteiger partial charge in [0.2, 0.25) is 5.91 Å². The van der Waals surface area contributed by atoms with Crippen molar-refractivity contribution in [2.45, 2.75) is 11.9 Å². The Morgan fingerprint density at radius 3 is 2.29 bits per heavy atom. The van der Waals surface area contributed by atoms with Crippen LogP contribution in [0.3, 0.4) is 0 Å². The maximum atomic E-state index is 12.1. The number of hydrogen-bond acceptors (Lipinski definition) is 6. The van der Waals surface area contributed by atoms with Crippen LogP contribution in [0, 0.1) is 0 Å². The number of nitrogens with one attached hydrogen (secondary N) is 1. The molecule has 0 saturated carbocycles. The first-order chi connectivity index (χ1) is 13.7. The average molecular weight is 395 g/mol. The number of anilines is 1. The third-order valence-corrected chi connectivity index (χ3v) is 4.75. The number of thioether (sulfide) groups is 1. The van der Waals surface area contributed by atoms with E-state index in [9.17, 15) is 4.79 Å². The highest BCUT2D eigenvalue weighted by atomic mass is 32.2. The van der Waals surface area contributed by atoms with Crippen LogP contribution in [-0.2, 0) is 4.79 Å². The van der Waals surface area contributed by atoms with Gasteiger partial charge in [0.1, 0.15) is 16.5 Å². The van der Waals surface area contributed by atoms with E-state index in [1.54, 1.807) is 7.11 Å². The number of aromatic nitrogens is 2. The van der Waals surface area contributed by atoms with Gasteiger partial charge in [-0.3, -0.25) is 4.79 Å². The normalized spacial score (nSPS) is 10.4. The van der Waals surface area contributed by atoms with Crippen LogP contribution in [0.15, 0.2) is 65.7 Å². The van der Waals surface area contributed by atoms with Gasteiger partial charge in [0.15, 0.2) is 0 Å². The Morgan fingerprint density at radius 1 is 0.964 bits per heavy atom. The maximum absolute atomic E-state index is 12.1. The van der Waals surface area contributed by atoms with Crippen LogP contribution in [0.1, 0.15) is 6.92 Å². The van der Waals surface area contributed by atoms with Crippen LogP contribution in [-0.4, -0.2) is 35.6 Å². The molecule has 144 valence electrons. The first-order valence-corrected chi connectivity index (χ1v) is 9.80. The summed E-state index contributed by atoms with van der Waals surface area (Å²) < 4.78 is 10.5. The first-order valence-electron chi connectivity index (χ1n) is 8.81. The standard InChI is InChI=1S/C21H21N3O3S/c1-3-27-18-10-6-16(7-11-18)22-20(25)14-28-21-13-12-19(23-24-21)15-4-8-17(26-2)9-5-15/h4-13H,3,14H2,1-2H3,(H,22,25). The van der Waals surface area contributed by atoms with Gasteiger partial charge >= 0.3 is 0 Å². The lowest BCUT2D eigenvalue weighted by Crippen LogP contribution is -2.14. The predicted octanol–water partition coefficient (Wildman–Crippen LogP) is 4.28. The number of carbonyl (C=O) groups is 1. The Hall–Kier alpha value is -3.06. The van der Waals surface area contributed by atoms with Crippen molar-refractivity contribution in [3.63, 3.8) is 0 Å². The molecular weight excluding hydrogens is 374 g/mol. The molecule has 0 aliphatic carbocycles. The molecule has 2 aromatic carbocycles. The molecule has 1 amide bonds. The number of benzene rings is 2. The van der Waals surface area contributed by atoms with Gasteiger partial charge in [0, 0.05) is 11.3 Å². The highest BCUT2D eigenvalue weighted by Crippen LogP contribution is 2.22. The molecule has 3 aromatic rings. The molecule has 28 heavy (non-hydrogen) atoms. The topological polar surface area (TPSA) is 73.3 Å². The van der Waals surface area contributed by atoms with E-state index in [-0.39, 0.29) is 11.7 Å². The summed E-state index contributed by atoms with van der Waals surface area (Å²) in [5, 5.41) is 12.0. The maximum Gasteiger partial charge on any atom is 0.234 e. The van der Waals surface area contributed by atoms with Crippen molar-refractivity contribution in [1.29, 1.82) is 0 Å². The van der Waals surface area contributed by atoms with Gasteiger partial charge in [-0.05, 0) is 67.6 Å². The molecule has 1 N–H and O–H groups in total. The highest BCUT2D eigenvalue weighted by Gasteiger charge is 2.07. The minimum atomic E-state index is -0.102. The van der Waals surface area contributed by atoms with Crippen LogP contribution in [0.5, 0.6) is 11.5 Å². The fraction of sp³-hybridized carbons (Fsp3) is 0.190. The molecule has 7 heteroatoms. The summed E-state index contributed by atoms with van der Waals surface area (Å²) >= 11 is 1.34. The van der Waals surface area contributed by atoms with Gasteiger partial charge < -0.3 is 14.8 Å². The zero-order valence-electron chi connectivity index (χ0n) is 15.7. The van der Waals surface area contributed by atoms with Gasteiger partial charge in [-0.25, -0.2) is 0 Å². The van der Waals surface area contributed by atoms with E-state index in [1.165, 1.54) is 11.8 Å². The van der Waals surface area contributed by atoms with Crippen molar-refractivity contribution in [1.82, 2.24) is 10.2 Å². The van der Waals surface area contributed by atoms with Crippen LogP contribution < -0.4 is 14.8 Å². The highest BCUT2D eigenvalue weighted by molar-refractivity contribution is 7.99. The molecular formula is C21H21N3O3S. The Labute approximate surface area is 168 Å². The largest absolute Gasteiger partial charge is 0.497 e. The lowest BCUT2D eigenvalue weighted by molar-refractivity contribution is -0.113. The molecule has 0 radical (unpaired) electrons. The van der Waals surface area contributed by atoms with Gasteiger partial charge in [-0.15, -0.1) is 10.2 Å². The summed E-state index contributed by atoms with van der Waals surface area (Å²) in [5.74, 6) is 1.73. The molecule has 0 fully saturated rings. The number of ether oxygens (including phenoxy) is 2. The molecule has 1 heterocycles. The molecule has 0 bridgehead atoms. The van der Waals surface area contributed by atoms with Crippen molar-refractivity contribution < 1.29 is 14.3 Å². The minimum Gasteiger partial charge on any atom is -0.497 e.